The largest absolute Gasteiger partial charge is 0.343 e. The van der Waals surface area contributed by atoms with Gasteiger partial charge in [0.2, 0.25) is 17.8 Å². The number of aromatic nitrogens is 5. The Morgan fingerprint density at radius 3 is 2.87 bits per heavy atom. The summed E-state index contributed by atoms with van der Waals surface area (Å²) >= 11 is 1.19. The molecule has 0 saturated carbocycles. The minimum Gasteiger partial charge on any atom is -0.343 e. The predicted molar refractivity (Wildman–Crippen MR) is 112 cm³/mol. The molecule has 2 amide bonds. The predicted octanol–water partition coefficient (Wildman–Crippen LogP) is 1.26. The molecule has 10 nitrogen and oxygen atoms in total. The van der Waals surface area contributed by atoms with Crippen LogP contribution in [0.1, 0.15) is 19.3 Å². The Labute approximate surface area is 176 Å². The SMILES string of the molecule is O=C(CSc1nc2ccccc2c(=O)n1CCCN1CCCC1=O)Nc1ncn[nH]1. The van der Waals surface area contributed by atoms with E-state index in [1.165, 1.54) is 18.1 Å². The smallest absolute Gasteiger partial charge is 0.262 e. The fourth-order valence-electron chi connectivity index (χ4n) is 3.38. The molecule has 156 valence electrons. The number of hydrogen-bond acceptors (Lipinski definition) is 7. The molecule has 1 saturated heterocycles. The van der Waals surface area contributed by atoms with E-state index in [1.54, 1.807) is 22.8 Å². The minimum atomic E-state index is -0.284. The van der Waals surface area contributed by atoms with Gasteiger partial charge in [-0.15, -0.1) is 0 Å². The van der Waals surface area contributed by atoms with E-state index < -0.39 is 0 Å². The summed E-state index contributed by atoms with van der Waals surface area (Å²) in [5, 5.41) is 9.85. The van der Waals surface area contributed by atoms with Crippen LogP contribution in [0.5, 0.6) is 0 Å². The number of hydrogen-bond donors (Lipinski definition) is 2. The van der Waals surface area contributed by atoms with Crippen LogP contribution in [0, 0.1) is 0 Å². The van der Waals surface area contributed by atoms with Gasteiger partial charge >= 0.3 is 0 Å². The third-order valence-corrected chi connectivity index (χ3v) is 5.79. The maximum absolute atomic E-state index is 13.0. The zero-order chi connectivity index (χ0) is 20.9. The monoisotopic (exact) mass is 427 g/mol. The number of fused-ring (bicyclic) bond motifs is 1. The summed E-state index contributed by atoms with van der Waals surface area (Å²) in [4.78, 5) is 47.3. The Kier molecular flexibility index (Phi) is 6.07. The van der Waals surface area contributed by atoms with Crippen molar-refractivity contribution in [1.29, 1.82) is 0 Å². The van der Waals surface area contributed by atoms with Crippen molar-refractivity contribution in [3.8, 4) is 0 Å². The first kappa shape index (κ1) is 20.1. The van der Waals surface area contributed by atoms with E-state index in [2.05, 4.69) is 25.5 Å². The van der Waals surface area contributed by atoms with Crippen LogP contribution in [0.2, 0.25) is 0 Å². The van der Waals surface area contributed by atoms with Gasteiger partial charge in [-0.2, -0.15) is 10.1 Å². The zero-order valence-corrected chi connectivity index (χ0v) is 17.0. The maximum Gasteiger partial charge on any atom is 0.262 e. The molecule has 2 N–H and O–H groups in total. The highest BCUT2D eigenvalue weighted by molar-refractivity contribution is 7.99. The molecule has 0 atom stereocenters. The second kappa shape index (κ2) is 9.08. The second-order valence-electron chi connectivity index (χ2n) is 6.88. The molecule has 1 fully saturated rings. The summed E-state index contributed by atoms with van der Waals surface area (Å²) in [7, 11) is 0. The Morgan fingerprint density at radius 1 is 1.23 bits per heavy atom. The van der Waals surface area contributed by atoms with Crippen molar-refractivity contribution < 1.29 is 9.59 Å². The van der Waals surface area contributed by atoms with E-state index in [4.69, 9.17) is 0 Å². The molecule has 3 heterocycles. The maximum atomic E-state index is 13.0. The number of rotatable bonds is 8. The average Bonchev–Trinajstić information content (AvgIpc) is 3.40. The van der Waals surface area contributed by atoms with Crippen molar-refractivity contribution in [2.75, 3.05) is 24.2 Å². The van der Waals surface area contributed by atoms with Gasteiger partial charge in [0.25, 0.3) is 5.56 Å². The third kappa shape index (κ3) is 4.51. The quantitative estimate of drug-likeness (QED) is 0.409. The van der Waals surface area contributed by atoms with Crippen molar-refractivity contribution in [3.63, 3.8) is 0 Å². The number of thioether (sulfide) groups is 1. The summed E-state index contributed by atoms with van der Waals surface area (Å²) in [6.07, 6.45) is 3.43. The van der Waals surface area contributed by atoms with E-state index in [0.717, 1.165) is 13.0 Å². The van der Waals surface area contributed by atoms with E-state index in [-0.39, 0.29) is 29.1 Å². The number of para-hydroxylation sites is 1. The highest BCUT2D eigenvalue weighted by atomic mass is 32.2. The highest BCUT2D eigenvalue weighted by Crippen LogP contribution is 2.19. The van der Waals surface area contributed by atoms with Gasteiger partial charge in [0.15, 0.2) is 5.16 Å². The first-order chi connectivity index (χ1) is 14.6. The summed E-state index contributed by atoms with van der Waals surface area (Å²) in [6, 6.07) is 7.15. The Bertz CT molecular complexity index is 1110. The number of nitrogens with zero attached hydrogens (tertiary/aromatic N) is 5. The van der Waals surface area contributed by atoms with Crippen LogP contribution in [0.25, 0.3) is 10.9 Å². The van der Waals surface area contributed by atoms with Crippen LogP contribution in [-0.2, 0) is 16.1 Å². The minimum absolute atomic E-state index is 0.0656. The second-order valence-corrected chi connectivity index (χ2v) is 7.82. The summed E-state index contributed by atoms with van der Waals surface area (Å²) in [5.74, 6) is 0.210. The molecule has 3 aromatic rings. The van der Waals surface area contributed by atoms with Crippen molar-refractivity contribution in [2.24, 2.45) is 0 Å². The van der Waals surface area contributed by atoms with Crippen LogP contribution < -0.4 is 10.9 Å². The van der Waals surface area contributed by atoms with Crippen LogP contribution in [0.4, 0.5) is 5.95 Å². The van der Waals surface area contributed by atoms with Gasteiger partial charge in [-0.25, -0.2) is 10.1 Å². The van der Waals surface area contributed by atoms with E-state index in [0.29, 0.717) is 42.0 Å². The lowest BCUT2D eigenvalue weighted by atomic mass is 10.2. The van der Waals surface area contributed by atoms with Gasteiger partial charge < -0.3 is 4.90 Å². The van der Waals surface area contributed by atoms with Gasteiger partial charge in [-0.05, 0) is 25.0 Å². The number of amides is 2. The van der Waals surface area contributed by atoms with Gasteiger partial charge in [-0.3, -0.25) is 24.3 Å². The van der Waals surface area contributed by atoms with Crippen LogP contribution in [-0.4, -0.2) is 60.3 Å². The number of nitrogens with one attached hydrogen (secondary N) is 2. The third-order valence-electron chi connectivity index (χ3n) is 4.81. The van der Waals surface area contributed by atoms with E-state index >= 15 is 0 Å². The van der Waals surface area contributed by atoms with Crippen LogP contribution in [0.15, 0.2) is 40.5 Å². The number of likely N-dealkylation sites (tertiary alicyclic amines) is 1. The van der Waals surface area contributed by atoms with Crippen molar-refractivity contribution in [1.82, 2.24) is 29.6 Å². The fraction of sp³-hybridized carbons (Fsp3) is 0.368. The highest BCUT2D eigenvalue weighted by Gasteiger charge is 2.20. The topological polar surface area (TPSA) is 126 Å². The van der Waals surface area contributed by atoms with Crippen LogP contribution in [0.3, 0.4) is 0 Å². The molecule has 0 aliphatic carbocycles. The lowest BCUT2D eigenvalue weighted by molar-refractivity contribution is -0.127. The molecule has 30 heavy (non-hydrogen) atoms. The normalized spacial score (nSPS) is 13.9. The van der Waals surface area contributed by atoms with E-state index in [9.17, 15) is 14.4 Å². The Morgan fingerprint density at radius 2 is 2.10 bits per heavy atom. The molecular weight excluding hydrogens is 406 g/mol. The van der Waals surface area contributed by atoms with E-state index in [1.807, 2.05) is 11.0 Å². The van der Waals surface area contributed by atoms with Gasteiger partial charge in [0.1, 0.15) is 6.33 Å². The first-order valence-corrected chi connectivity index (χ1v) is 10.7. The lowest BCUT2D eigenvalue weighted by Gasteiger charge is -2.17. The molecular formula is C19H21N7O3S. The molecule has 0 unspecified atom stereocenters. The van der Waals surface area contributed by atoms with Gasteiger partial charge in [0, 0.05) is 26.1 Å². The summed E-state index contributed by atoms with van der Waals surface area (Å²) in [5.41, 5.74) is 0.443. The lowest BCUT2D eigenvalue weighted by Crippen LogP contribution is -2.29. The first-order valence-electron chi connectivity index (χ1n) is 9.67. The number of carbonyl (C=O) groups excluding carboxylic acids is 2. The summed E-state index contributed by atoms with van der Waals surface area (Å²) < 4.78 is 1.59. The number of aromatic amines is 1. The fourth-order valence-corrected chi connectivity index (χ4v) is 4.20. The molecule has 0 radical (unpaired) electrons. The molecule has 2 aromatic heterocycles. The number of carbonyl (C=O) groups is 2. The molecule has 1 aliphatic heterocycles. The molecule has 1 aromatic carbocycles. The standard InChI is InChI=1S/C19H21N7O3S/c27-15(23-18-20-12-21-24-18)11-30-19-22-14-6-2-1-5-13(14)17(29)26(19)10-4-9-25-8-3-7-16(25)28/h1-2,5-6,12H,3-4,7-11H2,(H2,20,21,23,24,27). The summed E-state index contributed by atoms with van der Waals surface area (Å²) in [6.45, 7) is 1.80. The number of anilines is 1. The van der Waals surface area contributed by atoms with Gasteiger partial charge in [0.05, 0.1) is 16.7 Å². The van der Waals surface area contributed by atoms with Crippen molar-refractivity contribution >= 4 is 40.4 Å². The number of benzene rings is 1. The Balaban J connectivity index is 1.50. The van der Waals surface area contributed by atoms with Crippen LogP contribution >= 0.6 is 11.8 Å². The number of H-pyrrole nitrogens is 1. The molecule has 1 aliphatic rings. The van der Waals surface area contributed by atoms with Crippen molar-refractivity contribution in [2.45, 2.75) is 31.0 Å². The van der Waals surface area contributed by atoms with Crippen molar-refractivity contribution in [3.05, 3.63) is 40.9 Å². The molecule has 0 bridgehead atoms. The molecule has 4 rings (SSSR count). The molecule has 0 spiro atoms. The average molecular weight is 427 g/mol. The Hall–Kier alpha value is -3.21. The molecule has 11 heteroatoms. The zero-order valence-electron chi connectivity index (χ0n) is 16.2. The van der Waals surface area contributed by atoms with Gasteiger partial charge in [-0.1, -0.05) is 23.9 Å².